The van der Waals surface area contributed by atoms with Crippen molar-refractivity contribution in [3.8, 4) is 5.75 Å². The second-order valence-corrected chi connectivity index (χ2v) is 9.78. The first-order valence-electron chi connectivity index (χ1n) is 13.1. The van der Waals surface area contributed by atoms with Gasteiger partial charge in [0.05, 0.1) is 18.9 Å². The van der Waals surface area contributed by atoms with Crippen molar-refractivity contribution < 1.29 is 23.9 Å². The Hall–Kier alpha value is -3.10. The van der Waals surface area contributed by atoms with E-state index in [1.807, 2.05) is 30.1 Å². The van der Waals surface area contributed by atoms with Crippen molar-refractivity contribution in [2.45, 2.75) is 78.3 Å². The van der Waals surface area contributed by atoms with E-state index in [-0.39, 0.29) is 36.9 Å². The van der Waals surface area contributed by atoms with E-state index in [9.17, 15) is 14.4 Å². The number of carbonyl (C=O) groups excluding carboxylic acids is 3. The van der Waals surface area contributed by atoms with E-state index in [1.165, 1.54) is 19.3 Å². The summed E-state index contributed by atoms with van der Waals surface area (Å²) in [5.74, 6) is 0.420. The fourth-order valence-electron chi connectivity index (χ4n) is 4.47. The summed E-state index contributed by atoms with van der Waals surface area (Å²) in [4.78, 5) is 45.2. The third kappa shape index (κ3) is 7.70. The van der Waals surface area contributed by atoms with Crippen molar-refractivity contribution in [2.75, 3.05) is 26.8 Å². The molecule has 0 aromatic heterocycles. The largest absolute Gasteiger partial charge is 0.494 e. The highest BCUT2D eigenvalue weighted by molar-refractivity contribution is 6.00. The number of esters is 1. The Balaban J connectivity index is 1.58. The van der Waals surface area contributed by atoms with Gasteiger partial charge in [0.1, 0.15) is 12.3 Å². The zero-order valence-electron chi connectivity index (χ0n) is 22.0. The minimum Gasteiger partial charge on any atom is -0.494 e. The number of fused-ring (bicyclic) bond motifs is 1. The number of guanidine groups is 1. The van der Waals surface area contributed by atoms with E-state index in [0.717, 1.165) is 18.4 Å². The van der Waals surface area contributed by atoms with Gasteiger partial charge in [0.2, 0.25) is 17.8 Å². The fourth-order valence-corrected chi connectivity index (χ4v) is 4.47. The molecule has 2 amide bonds. The van der Waals surface area contributed by atoms with Crippen molar-refractivity contribution in [1.29, 1.82) is 0 Å². The predicted octanol–water partition coefficient (Wildman–Crippen LogP) is 3.78. The van der Waals surface area contributed by atoms with Gasteiger partial charge in [-0.3, -0.25) is 19.7 Å². The minimum absolute atomic E-state index is 0.0216. The lowest BCUT2D eigenvalue weighted by molar-refractivity contribution is -0.143. The molecule has 3 rings (SSSR count). The van der Waals surface area contributed by atoms with Gasteiger partial charge in [-0.15, -0.1) is 0 Å². The lowest BCUT2D eigenvalue weighted by Gasteiger charge is -2.31. The molecule has 1 fully saturated rings. The molecule has 9 heteroatoms. The lowest BCUT2D eigenvalue weighted by Crippen LogP contribution is -2.48. The molecule has 1 aliphatic carbocycles. The molecule has 0 unspecified atom stereocenters. The Kier molecular flexibility index (Phi) is 10.1. The van der Waals surface area contributed by atoms with Crippen molar-refractivity contribution in [2.24, 2.45) is 10.9 Å². The van der Waals surface area contributed by atoms with E-state index in [4.69, 9.17) is 9.47 Å². The molecular formula is C27H40N4O5. The van der Waals surface area contributed by atoms with Gasteiger partial charge in [-0.05, 0) is 44.4 Å². The van der Waals surface area contributed by atoms with E-state index in [1.54, 1.807) is 25.7 Å². The normalized spacial score (nSPS) is 15.7. The average Bonchev–Trinajstić information content (AvgIpc) is 2.86. The minimum atomic E-state index is -0.386. The Labute approximate surface area is 214 Å². The Morgan fingerprint density at radius 1 is 1.19 bits per heavy atom. The maximum atomic E-state index is 12.5. The first-order chi connectivity index (χ1) is 17.3. The van der Waals surface area contributed by atoms with Crippen LogP contribution in [0.15, 0.2) is 23.2 Å². The molecule has 1 saturated carbocycles. The number of amides is 2. The van der Waals surface area contributed by atoms with Gasteiger partial charge in [0.15, 0.2) is 0 Å². The molecule has 1 aromatic carbocycles. The summed E-state index contributed by atoms with van der Waals surface area (Å²) < 4.78 is 11.0. The quantitative estimate of drug-likeness (QED) is 0.388. The van der Waals surface area contributed by atoms with Gasteiger partial charge in [0.25, 0.3) is 0 Å². The summed E-state index contributed by atoms with van der Waals surface area (Å²) in [6.07, 6.45) is 7.00. The van der Waals surface area contributed by atoms with Gasteiger partial charge in [-0.2, -0.15) is 0 Å². The van der Waals surface area contributed by atoms with Crippen molar-refractivity contribution in [3.05, 3.63) is 23.8 Å². The summed E-state index contributed by atoms with van der Waals surface area (Å²) in [6, 6.07) is 5.95. The third-order valence-electron chi connectivity index (χ3n) is 6.64. The number of rotatable bonds is 10. The smallest absolute Gasteiger partial charge is 0.325 e. The van der Waals surface area contributed by atoms with E-state index in [2.05, 4.69) is 10.3 Å². The fraction of sp³-hybridized carbons (Fsp3) is 0.630. The van der Waals surface area contributed by atoms with Crippen molar-refractivity contribution in [1.82, 2.24) is 15.1 Å². The molecule has 9 nitrogen and oxygen atoms in total. The van der Waals surface area contributed by atoms with Gasteiger partial charge < -0.3 is 19.3 Å². The van der Waals surface area contributed by atoms with Gasteiger partial charge in [-0.1, -0.05) is 33.1 Å². The SMILES string of the molecule is CCOC(=O)CN1Cc2cc(OCCCC(=O)N(C)C3CCCCC3)ccc2N=C1NC(=O)C(C)C. The molecule has 198 valence electrons. The standard InChI is InChI=1S/C27H40N4O5/c1-5-35-25(33)18-31-17-20-16-22(13-14-23(20)28-27(31)29-26(34)19(2)3)36-15-9-12-24(32)30(4)21-10-7-6-8-11-21/h13-14,16,19,21H,5-12,15,17-18H2,1-4H3,(H,28,29,34). The van der Waals surface area contributed by atoms with Crippen LogP contribution in [0.2, 0.25) is 0 Å². The molecule has 0 spiro atoms. The molecule has 2 aliphatic rings. The number of aliphatic imine (C=N–C) groups is 1. The topological polar surface area (TPSA) is 101 Å². The zero-order valence-corrected chi connectivity index (χ0v) is 22.0. The van der Waals surface area contributed by atoms with Crippen LogP contribution < -0.4 is 10.1 Å². The van der Waals surface area contributed by atoms with Crippen molar-refractivity contribution in [3.63, 3.8) is 0 Å². The number of hydrogen-bond donors (Lipinski definition) is 1. The van der Waals surface area contributed by atoms with Gasteiger partial charge in [0, 0.05) is 37.5 Å². The number of benzene rings is 1. The van der Waals surface area contributed by atoms with Crippen LogP contribution in [0.3, 0.4) is 0 Å². The monoisotopic (exact) mass is 500 g/mol. The number of carbonyl (C=O) groups is 3. The maximum Gasteiger partial charge on any atom is 0.325 e. The molecular weight excluding hydrogens is 460 g/mol. The molecule has 0 bridgehead atoms. The van der Waals surface area contributed by atoms with E-state index in [0.29, 0.717) is 49.4 Å². The first kappa shape index (κ1) is 27.5. The van der Waals surface area contributed by atoms with Gasteiger partial charge >= 0.3 is 5.97 Å². The van der Waals surface area contributed by atoms with E-state index < -0.39 is 0 Å². The molecule has 36 heavy (non-hydrogen) atoms. The Bertz CT molecular complexity index is 955. The summed E-state index contributed by atoms with van der Waals surface area (Å²) in [6.45, 7) is 6.43. The first-order valence-corrected chi connectivity index (χ1v) is 13.1. The molecule has 1 N–H and O–H groups in total. The Morgan fingerprint density at radius 2 is 1.94 bits per heavy atom. The summed E-state index contributed by atoms with van der Waals surface area (Å²) >= 11 is 0. The summed E-state index contributed by atoms with van der Waals surface area (Å²) in [5.41, 5.74) is 1.60. The molecule has 0 radical (unpaired) electrons. The van der Waals surface area contributed by atoms with Crippen LogP contribution in [-0.4, -0.2) is 66.4 Å². The van der Waals surface area contributed by atoms with Crippen LogP contribution in [0, 0.1) is 5.92 Å². The lowest BCUT2D eigenvalue weighted by atomic mass is 9.94. The highest BCUT2D eigenvalue weighted by Gasteiger charge is 2.25. The Morgan fingerprint density at radius 3 is 2.64 bits per heavy atom. The van der Waals surface area contributed by atoms with Crippen LogP contribution >= 0.6 is 0 Å². The van der Waals surface area contributed by atoms with Crippen LogP contribution in [0.25, 0.3) is 0 Å². The highest BCUT2D eigenvalue weighted by Crippen LogP contribution is 2.30. The number of nitrogens with one attached hydrogen (secondary N) is 1. The summed E-state index contributed by atoms with van der Waals surface area (Å²) in [5, 5.41) is 2.82. The number of nitrogens with zero attached hydrogens (tertiary/aromatic N) is 3. The highest BCUT2D eigenvalue weighted by atomic mass is 16.5. The van der Waals surface area contributed by atoms with Crippen LogP contribution in [-0.2, 0) is 25.7 Å². The second kappa shape index (κ2) is 13.3. The molecule has 1 aromatic rings. The second-order valence-electron chi connectivity index (χ2n) is 9.78. The maximum absolute atomic E-state index is 12.5. The van der Waals surface area contributed by atoms with Crippen LogP contribution in [0.5, 0.6) is 5.75 Å². The molecule has 0 atom stereocenters. The van der Waals surface area contributed by atoms with Gasteiger partial charge in [-0.25, -0.2) is 4.99 Å². The average molecular weight is 501 g/mol. The van der Waals surface area contributed by atoms with Crippen molar-refractivity contribution >= 4 is 29.4 Å². The third-order valence-corrected chi connectivity index (χ3v) is 6.64. The molecule has 1 aliphatic heterocycles. The van der Waals surface area contributed by atoms with Crippen LogP contribution in [0.4, 0.5) is 5.69 Å². The van der Waals surface area contributed by atoms with E-state index >= 15 is 0 Å². The zero-order chi connectivity index (χ0) is 26.1. The molecule has 0 saturated heterocycles. The number of hydrogen-bond acceptors (Lipinski definition) is 7. The van der Waals surface area contributed by atoms with Crippen LogP contribution in [0.1, 0.15) is 71.3 Å². The summed E-state index contributed by atoms with van der Waals surface area (Å²) in [7, 11) is 1.92. The molecule has 1 heterocycles. The predicted molar refractivity (Wildman–Crippen MR) is 138 cm³/mol. The number of ether oxygens (including phenoxy) is 2.